The maximum Gasteiger partial charge on any atom is 0.0659 e. The van der Waals surface area contributed by atoms with Crippen molar-refractivity contribution < 1.29 is 0 Å². The van der Waals surface area contributed by atoms with Gasteiger partial charge in [0.05, 0.1) is 5.49 Å². The molecule has 3 nitrogen and oxygen atoms in total. The third kappa shape index (κ3) is 7.89. The Labute approximate surface area is 128 Å². The normalized spacial score (nSPS) is 10.4. The smallest absolute Gasteiger partial charge is 0.0659 e. The summed E-state index contributed by atoms with van der Waals surface area (Å²) >= 11 is 4.79. The van der Waals surface area contributed by atoms with E-state index in [1.54, 1.807) is 12.5 Å². The number of thiocarbonyl (C=S) groups is 1. The number of rotatable bonds is 5. The second-order valence-corrected chi connectivity index (χ2v) is 5.49. The minimum atomic E-state index is 0.526. The highest BCUT2D eigenvalue weighted by atomic mass is 32.1. The molecule has 20 heavy (non-hydrogen) atoms. The molecule has 0 bridgehead atoms. The number of benzene rings is 1. The molecule has 0 atom stereocenters. The standard InChI is InChI=1S/C11H15NS.C5H12N2/c1-8(2)10-5-4-9(3)6-11(10)12-7-13;1-5(2)4-7-6-3/h4-8H,1-3H3,(H,12,13);4-6H,1-3H3/b;7-4+. The summed E-state index contributed by atoms with van der Waals surface area (Å²) in [6.45, 7) is 10.6. The van der Waals surface area contributed by atoms with Crippen molar-refractivity contribution in [2.75, 3.05) is 12.4 Å². The van der Waals surface area contributed by atoms with E-state index in [1.807, 2.05) is 6.21 Å². The van der Waals surface area contributed by atoms with Crippen molar-refractivity contribution in [2.45, 2.75) is 40.5 Å². The van der Waals surface area contributed by atoms with Gasteiger partial charge >= 0.3 is 0 Å². The lowest BCUT2D eigenvalue weighted by Gasteiger charge is -2.12. The molecule has 2 N–H and O–H groups in total. The zero-order valence-electron chi connectivity index (χ0n) is 13.4. The predicted molar refractivity (Wildman–Crippen MR) is 94.9 cm³/mol. The lowest BCUT2D eigenvalue weighted by molar-refractivity contribution is 0.848. The second-order valence-electron chi connectivity index (χ2n) is 5.25. The minimum absolute atomic E-state index is 0.526. The lowest BCUT2D eigenvalue weighted by atomic mass is 9.99. The molecule has 0 spiro atoms. The number of aryl methyl sites for hydroxylation is 1. The highest BCUT2D eigenvalue weighted by Gasteiger charge is 2.04. The van der Waals surface area contributed by atoms with Crippen molar-refractivity contribution in [1.29, 1.82) is 0 Å². The van der Waals surface area contributed by atoms with Crippen LogP contribution in [0.5, 0.6) is 0 Å². The molecule has 1 aromatic rings. The highest BCUT2D eigenvalue weighted by molar-refractivity contribution is 7.79. The molecule has 0 radical (unpaired) electrons. The summed E-state index contributed by atoms with van der Waals surface area (Å²) in [5, 5.41) is 6.88. The third-order valence-corrected chi connectivity index (χ3v) is 2.66. The molecule has 4 heteroatoms. The van der Waals surface area contributed by atoms with Crippen LogP contribution in [0.15, 0.2) is 23.3 Å². The monoisotopic (exact) mass is 293 g/mol. The van der Waals surface area contributed by atoms with Gasteiger partial charge in [-0.1, -0.05) is 52.0 Å². The van der Waals surface area contributed by atoms with Crippen LogP contribution in [0.1, 0.15) is 44.7 Å². The maximum absolute atomic E-state index is 4.79. The van der Waals surface area contributed by atoms with E-state index in [0.717, 1.165) is 5.69 Å². The summed E-state index contributed by atoms with van der Waals surface area (Å²) in [7, 11) is 1.79. The quantitative estimate of drug-likeness (QED) is 0.482. The summed E-state index contributed by atoms with van der Waals surface area (Å²) < 4.78 is 0. The molecule has 112 valence electrons. The highest BCUT2D eigenvalue weighted by Crippen LogP contribution is 2.24. The SMILES string of the molecule is CN/N=C/C(C)C.Cc1ccc(C(C)C)c(NC=S)c1. The molecule has 0 heterocycles. The van der Waals surface area contributed by atoms with Gasteiger partial charge in [-0.2, -0.15) is 5.10 Å². The third-order valence-electron chi connectivity index (χ3n) is 2.55. The summed E-state index contributed by atoms with van der Waals surface area (Å²) in [6, 6.07) is 6.41. The van der Waals surface area contributed by atoms with Gasteiger partial charge in [0.25, 0.3) is 0 Å². The van der Waals surface area contributed by atoms with Gasteiger partial charge in [0.2, 0.25) is 0 Å². The lowest BCUT2D eigenvalue weighted by Crippen LogP contribution is -1.99. The van der Waals surface area contributed by atoms with Gasteiger partial charge in [-0.15, -0.1) is 0 Å². The Bertz CT molecular complexity index is 426. The van der Waals surface area contributed by atoms with Crippen LogP contribution in [-0.2, 0) is 0 Å². The van der Waals surface area contributed by atoms with E-state index in [-0.39, 0.29) is 0 Å². The van der Waals surface area contributed by atoms with Crippen molar-refractivity contribution in [2.24, 2.45) is 11.0 Å². The molecule has 1 aromatic carbocycles. The van der Waals surface area contributed by atoms with Crippen molar-refractivity contribution in [3.63, 3.8) is 0 Å². The van der Waals surface area contributed by atoms with Crippen LogP contribution in [0.4, 0.5) is 5.69 Å². The molecule has 0 aliphatic heterocycles. The van der Waals surface area contributed by atoms with Gasteiger partial charge in [-0.25, -0.2) is 0 Å². The Hall–Kier alpha value is -1.42. The minimum Gasteiger partial charge on any atom is -0.352 e. The zero-order valence-corrected chi connectivity index (χ0v) is 14.2. The van der Waals surface area contributed by atoms with Crippen LogP contribution in [-0.4, -0.2) is 18.8 Å². The van der Waals surface area contributed by atoms with Gasteiger partial charge in [0.15, 0.2) is 0 Å². The van der Waals surface area contributed by atoms with Crippen LogP contribution >= 0.6 is 12.2 Å². The maximum atomic E-state index is 4.79. The van der Waals surface area contributed by atoms with Crippen molar-refractivity contribution in [3.05, 3.63) is 29.3 Å². The average Bonchev–Trinajstić information content (AvgIpc) is 2.37. The molecule has 0 saturated heterocycles. The van der Waals surface area contributed by atoms with Gasteiger partial charge < -0.3 is 10.7 Å². The van der Waals surface area contributed by atoms with Gasteiger partial charge in [-0.05, 0) is 36.0 Å². The number of hydrazone groups is 1. The van der Waals surface area contributed by atoms with Crippen molar-refractivity contribution >= 4 is 29.6 Å². The molecule has 0 unspecified atom stereocenters. The Morgan fingerprint density at radius 3 is 2.25 bits per heavy atom. The summed E-state index contributed by atoms with van der Waals surface area (Å²) in [4.78, 5) is 0. The Kier molecular flexibility index (Phi) is 9.64. The molecular weight excluding hydrogens is 266 g/mol. The molecule has 1 rings (SSSR count). The average molecular weight is 293 g/mol. The Morgan fingerprint density at radius 1 is 1.20 bits per heavy atom. The summed E-state index contributed by atoms with van der Waals surface area (Å²) in [5.41, 5.74) is 7.92. The molecule has 0 amide bonds. The molecule has 0 fully saturated rings. The summed E-state index contributed by atoms with van der Waals surface area (Å²) in [5.74, 6) is 1.07. The summed E-state index contributed by atoms with van der Waals surface area (Å²) in [6.07, 6.45) is 1.86. The van der Waals surface area contributed by atoms with E-state index < -0.39 is 0 Å². The second kappa shape index (κ2) is 10.4. The van der Waals surface area contributed by atoms with E-state index >= 15 is 0 Å². The molecule has 0 aromatic heterocycles. The van der Waals surface area contributed by atoms with Crippen molar-refractivity contribution in [1.82, 2.24) is 5.43 Å². The number of anilines is 1. The predicted octanol–water partition coefficient (Wildman–Crippen LogP) is 4.34. The van der Waals surface area contributed by atoms with E-state index in [9.17, 15) is 0 Å². The first-order valence-corrected chi connectivity index (χ1v) is 7.40. The first kappa shape index (κ1) is 18.6. The molecule has 0 saturated carbocycles. The largest absolute Gasteiger partial charge is 0.352 e. The van der Waals surface area contributed by atoms with Crippen LogP contribution in [0.25, 0.3) is 0 Å². The van der Waals surface area contributed by atoms with Crippen LogP contribution in [0.3, 0.4) is 0 Å². The van der Waals surface area contributed by atoms with Crippen LogP contribution < -0.4 is 10.7 Å². The van der Waals surface area contributed by atoms with Gasteiger partial charge in [-0.3, -0.25) is 0 Å². The Balaban J connectivity index is 0.000000441. The topological polar surface area (TPSA) is 36.4 Å². The Morgan fingerprint density at radius 2 is 1.85 bits per heavy atom. The zero-order chi connectivity index (χ0) is 15.5. The molecule has 0 aliphatic rings. The van der Waals surface area contributed by atoms with E-state index in [2.05, 4.69) is 68.7 Å². The van der Waals surface area contributed by atoms with Gasteiger partial charge in [0, 0.05) is 18.9 Å². The number of hydrogen-bond donors (Lipinski definition) is 2. The van der Waals surface area contributed by atoms with Crippen molar-refractivity contribution in [3.8, 4) is 0 Å². The number of nitrogens with one attached hydrogen (secondary N) is 2. The van der Waals surface area contributed by atoms with Crippen LogP contribution in [0, 0.1) is 12.8 Å². The molecule has 0 aliphatic carbocycles. The first-order chi connectivity index (χ1) is 9.42. The fourth-order valence-corrected chi connectivity index (χ4v) is 1.71. The number of hydrogen-bond acceptors (Lipinski definition) is 3. The van der Waals surface area contributed by atoms with Gasteiger partial charge in [0.1, 0.15) is 0 Å². The van der Waals surface area contributed by atoms with E-state index in [0.29, 0.717) is 11.8 Å². The fraction of sp³-hybridized carbons (Fsp3) is 0.500. The van der Waals surface area contributed by atoms with E-state index in [1.165, 1.54) is 11.1 Å². The van der Waals surface area contributed by atoms with Crippen LogP contribution in [0.2, 0.25) is 0 Å². The fourth-order valence-electron chi connectivity index (χ4n) is 1.59. The molecular formula is C16H27N3S. The number of nitrogens with zero attached hydrogens (tertiary/aromatic N) is 1. The van der Waals surface area contributed by atoms with E-state index in [4.69, 9.17) is 12.2 Å². The first-order valence-electron chi connectivity index (χ1n) is 6.93.